The summed E-state index contributed by atoms with van der Waals surface area (Å²) < 4.78 is 12.4. The lowest BCUT2D eigenvalue weighted by molar-refractivity contribution is -0.157. The molecule has 0 heterocycles. The van der Waals surface area contributed by atoms with Gasteiger partial charge in [0.2, 0.25) is 0 Å². The van der Waals surface area contributed by atoms with Crippen molar-refractivity contribution in [2.24, 2.45) is 5.92 Å². The molecule has 98 valence electrons. The van der Waals surface area contributed by atoms with Gasteiger partial charge in [0.15, 0.2) is 0 Å². The summed E-state index contributed by atoms with van der Waals surface area (Å²) in [7, 11) is 0. The maximum Gasteiger partial charge on any atom is 0.323 e. The molecule has 0 aromatic carbocycles. The molecule has 0 fully saturated rings. The van der Waals surface area contributed by atoms with Crippen molar-refractivity contribution in [3.63, 3.8) is 0 Å². The van der Waals surface area contributed by atoms with Gasteiger partial charge in [0.25, 0.3) is 0 Å². The van der Waals surface area contributed by atoms with Gasteiger partial charge in [0.1, 0.15) is 11.6 Å². The first-order chi connectivity index (χ1) is 7.26. The Labute approximate surface area is 107 Å². The number of ether oxygens (including phenoxy) is 1. The molecule has 16 heavy (non-hydrogen) atoms. The maximum atomic E-state index is 11.9. The van der Waals surface area contributed by atoms with Crippen molar-refractivity contribution in [3.8, 4) is 0 Å². The van der Waals surface area contributed by atoms with E-state index in [1.54, 1.807) is 0 Å². The zero-order valence-electron chi connectivity index (χ0n) is 12.0. The Hall–Kier alpha value is -0.280. The highest BCUT2D eigenvalue weighted by molar-refractivity contribution is 5.85. The van der Waals surface area contributed by atoms with Gasteiger partial charge in [-0.25, -0.2) is 0 Å². The predicted octanol–water partition coefficient (Wildman–Crippen LogP) is 2.77. The van der Waals surface area contributed by atoms with E-state index in [1.165, 1.54) is 0 Å². The summed E-state index contributed by atoms with van der Waals surface area (Å²) >= 11 is 0. The molecule has 3 nitrogen and oxygen atoms in total. The predicted molar refractivity (Wildman–Crippen MR) is 70.0 cm³/mol. The number of hydrogen-bond acceptors (Lipinski definition) is 3. The molecule has 4 heteroatoms. The van der Waals surface area contributed by atoms with E-state index in [0.29, 0.717) is 12.5 Å². The van der Waals surface area contributed by atoms with Crippen LogP contribution in [0.15, 0.2) is 0 Å². The minimum atomic E-state index is -0.449. The van der Waals surface area contributed by atoms with Gasteiger partial charge in [-0.1, -0.05) is 20.7 Å². The minimum absolute atomic E-state index is 0. The number of rotatable bonds is 5. The smallest absolute Gasteiger partial charge is 0.323 e. The van der Waals surface area contributed by atoms with Gasteiger partial charge < -0.3 is 10.1 Å². The Morgan fingerprint density at radius 3 is 2.38 bits per heavy atom. The van der Waals surface area contributed by atoms with E-state index in [4.69, 9.17) is 6.11 Å². The molecule has 0 unspecified atom stereocenters. The van der Waals surface area contributed by atoms with E-state index >= 15 is 0 Å². The second-order valence-corrected chi connectivity index (χ2v) is 5.17. The van der Waals surface area contributed by atoms with Gasteiger partial charge in [0.05, 0.1) is 0 Å². The Bertz CT molecular complexity index is 217. The Morgan fingerprint density at radius 1 is 1.44 bits per heavy atom. The highest BCUT2D eigenvalue weighted by atomic mass is 35.5. The third kappa shape index (κ3) is 8.98. The van der Waals surface area contributed by atoms with Crippen LogP contribution in [0.25, 0.3) is 0 Å². The molecule has 0 amide bonds. The number of halogens is 1. The van der Waals surface area contributed by atoms with E-state index in [0.717, 1.165) is 6.42 Å². The molecule has 0 aliphatic heterocycles. The Balaban J connectivity index is 0. The van der Waals surface area contributed by atoms with E-state index in [9.17, 15) is 4.79 Å². The number of nitrogens with one attached hydrogen (secondary N) is 1. The third-order valence-electron chi connectivity index (χ3n) is 1.79. The number of hydrogen-bond donors (Lipinski definition) is 1. The molecule has 0 bridgehead atoms. The van der Waals surface area contributed by atoms with Crippen LogP contribution in [0.5, 0.6) is 0 Å². The van der Waals surface area contributed by atoms with Crippen molar-refractivity contribution >= 4 is 18.4 Å². The van der Waals surface area contributed by atoms with Crippen LogP contribution in [-0.2, 0) is 9.53 Å². The molecule has 0 aromatic heterocycles. The number of esters is 1. The third-order valence-corrected chi connectivity index (χ3v) is 1.79. The van der Waals surface area contributed by atoms with Crippen molar-refractivity contribution in [3.05, 3.63) is 0 Å². The van der Waals surface area contributed by atoms with Crippen LogP contribution in [0.3, 0.4) is 0 Å². The highest BCUT2D eigenvalue weighted by Gasteiger charge is 2.24. The lowest BCUT2D eigenvalue weighted by Crippen LogP contribution is -2.42. The minimum Gasteiger partial charge on any atom is -0.459 e. The summed E-state index contributed by atoms with van der Waals surface area (Å²) in [6.45, 7) is 10.5. The fourth-order valence-electron chi connectivity index (χ4n) is 1.28. The average Bonchev–Trinajstić information content (AvgIpc) is 2.08. The topological polar surface area (TPSA) is 38.3 Å². The normalized spacial score (nSPS) is 14.0. The standard InChI is InChI=1S/C12H25NO2.ClH/c1-7-13-10(8-9(2)3)11(14)15-12(4,5)6;/h9-10,13H,7-8H2,1-6H3;1H/t10-;/m0./s1/i1D;. The Morgan fingerprint density at radius 2 is 2.00 bits per heavy atom. The summed E-state index contributed by atoms with van der Waals surface area (Å²) in [5, 5.41) is 3.06. The van der Waals surface area contributed by atoms with Crippen LogP contribution in [0.4, 0.5) is 0 Å². The van der Waals surface area contributed by atoms with Gasteiger partial charge in [-0.2, -0.15) is 0 Å². The van der Waals surface area contributed by atoms with Gasteiger partial charge in [-0.05, 0) is 39.7 Å². The summed E-state index contributed by atoms with van der Waals surface area (Å²) in [5.74, 6) is 0.213. The quantitative estimate of drug-likeness (QED) is 0.765. The second-order valence-electron chi connectivity index (χ2n) is 5.17. The first kappa shape index (κ1) is 15.7. The highest BCUT2D eigenvalue weighted by Crippen LogP contribution is 2.12. The van der Waals surface area contributed by atoms with E-state index < -0.39 is 5.60 Å². The molecule has 0 saturated carbocycles. The van der Waals surface area contributed by atoms with Crippen LogP contribution >= 0.6 is 12.4 Å². The number of carbonyl (C=O) groups is 1. The number of likely N-dealkylation sites (N-methyl/N-ethyl adjacent to an activating group) is 1. The van der Waals surface area contributed by atoms with Gasteiger partial charge in [-0.15, -0.1) is 12.4 Å². The van der Waals surface area contributed by atoms with Crippen LogP contribution in [-0.4, -0.2) is 24.2 Å². The molecule has 0 saturated heterocycles. The van der Waals surface area contributed by atoms with Crippen molar-refractivity contribution < 1.29 is 10.9 Å². The molecule has 0 rings (SSSR count). The molecule has 0 spiro atoms. The van der Waals surface area contributed by atoms with Crippen molar-refractivity contribution in [2.75, 3.05) is 6.54 Å². The average molecular weight is 253 g/mol. The van der Waals surface area contributed by atoms with Crippen molar-refractivity contribution in [1.29, 1.82) is 0 Å². The van der Waals surface area contributed by atoms with Crippen LogP contribution in [0.2, 0.25) is 0 Å². The molecule has 0 aliphatic rings. The molecule has 0 aromatic rings. The summed E-state index contributed by atoms with van der Waals surface area (Å²) in [6, 6.07) is -0.287. The van der Waals surface area contributed by atoms with Gasteiger partial charge in [0, 0.05) is 1.37 Å². The zero-order chi connectivity index (χ0) is 12.8. The van der Waals surface area contributed by atoms with E-state index in [2.05, 4.69) is 19.2 Å². The monoisotopic (exact) mass is 252 g/mol. The molecular weight excluding hydrogens is 226 g/mol. The van der Waals surface area contributed by atoms with Crippen LogP contribution < -0.4 is 5.32 Å². The first-order valence-corrected chi connectivity index (χ1v) is 5.51. The molecule has 1 atom stereocenters. The second kappa shape index (κ2) is 7.91. The lowest BCUT2D eigenvalue weighted by Gasteiger charge is -2.25. The van der Waals surface area contributed by atoms with Crippen molar-refractivity contribution in [2.45, 2.75) is 59.6 Å². The number of carbonyl (C=O) groups excluding carboxylic acids is 1. The lowest BCUT2D eigenvalue weighted by atomic mass is 10.0. The van der Waals surface area contributed by atoms with Crippen molar-refractivity contribution in [1.82, 2.24) is 5.32 Å². The molecule has 0 radical (unpaired) electrons. The SMILES string of the molecule is Cl.[2H]CCN[C@@H](CC(C)C)C(=O)OC(C)(C)C. The molecule has 1 N–H and O–H groups in total. The zero-order valence-corrected chi connectivity index (χ0v) is 11.8. The fraction of sp³-hybridized carbons (Fsp3) is 0.917. The van der Waals surface area contributed by atoms with Gasteiger partial charge >= 0.3 is 5.97 Å². The van der Waals surface area contributed by atoms with Crippen LogP contribution in [0.1, 0.15) is 49.3 Å². The summed E-state index contributed by atoms with van der Waals surface area (Å²) in [6.07, 6.45) is 0.745. The maximum absolute atomic E-state index is 11.9. The van der Waals surface area contributed by atoms with Gasteiger partial charge in [-0.3, -0.25) is 4.79 Å². The first-order valence-electron chi connectivity index (χ1n) is 6.22. The largest absolute Gasteiger partial charge is 0.459 e. The molecule has 0 aliphatic carbocycles. The fourth-order valence-corrected chi connectivity index (χ4v) is 1.28. The summed E-state index contributed by atoms with van der Waals surface area (Å²) in [5.41, 5.74) is -0.449. The molecular formula is C12H26ClNO2. The summed E-state index contributed by atoms with van der Waals surface area (Å²) in [4.78, 5) is 11.9. The van der Waals surface area contributed by atoms with Crippen LogP contribution in [0, 0.1) is 5.92 Å². The Kier molecular flexibility index (Phi) is 7.77. The van der Waals surface area contributed by atoms with E-state index in [-0.39, 0.29) is 31.3 Å². The van der Waals surface area contributed by atoms with E-state index in [1.807, 2.05) is 20.8 Å².